The lowest BCUT2D eigenvalue weighted by Crippen LogP contribution is -2.06. The van der Waals surface area contributed by atoms with Crippen molar-refractivity contribution in [2.75, 3.05) is 18.2 Å². The maximum Gasteiger partial charge on any atom is 0.305 e. The first-order valence-corrected chi connectivity index (χ1v) is 8.10. The number of rotatable bonds is 8. The molecule has 0 aromatic carbocycles. The van der Waals surface area contributed by atoms with Crippen LogP contribution in [0.4, 0.5) is 0 Å². The van der Waals surface area contributed by atoms with Crippen LogP contribution >= 0.6 is 33.2 Å². The Hall–Kier alpha value is -0.390. The van der Waals surface area contributed by atoms with Crippen LogP contribution in [0.1, 0.15) is 12.8 Å². The number of carbonyl (C=O) groups excluding carboxylic acids is 1. The Bertz CT molecular complexity index is 325. The first kappa shape index (κ1) is 14.7. The largest absolute Gasteiger partial charge is 0.465 e. The minimum Gasteiger partial charge on any atom is -0.465 e. The summed E-state index contributed by atoms with van der Waals surface area (Å²) in [5.74, 6) is 1.09. The minimum atomic E-state index is -0.172. The number of carbonyl (C=O) groups is 1. The molecule has 3 nitrogen and oxygen atoms in total. The van der Waals surface area contributed by atoms with Gasteiger partial charge in [0.2, 0.25) is 0 Å². The molecular weight excluding hydrogens is 278 g/mol. The molecule has 17 heavy (non-hydrogen) atoms. The summed E-state index contributed by atoms with van der Waals surface area (Å²) < 4.78 is 5.03. The smallest absolute Gasteiger partial charge is 0.305 e. The first-order valence-electron chi connectivity index (χ1n) is 5.25. The van der Waals surface area contributed by atoms with Gasteiger partial charge in [-0.2, -0.15) is 0 Å². The van der Waals surface area contributed by atoms with Gasteiger partial charge in [0.25, 0.3) is 0 Å². The summed E-state index contributed by atoms with van der Waals surface area (Å²) in [7, 11) is 3.21. The van der Waals surface area contributed by atoms with Gasteiger partial charge in [-0.1, -0.05) is 16.9 Å². The number of hydrogen-bond acceptors (Lipinski definition) is 5. The van der Waals surface area contributed by atoms with Crippen molar-refractivity contribution in [2.45, 2.75) is 17.9 Å². The van der Waals surface area contributed by atoms with Crippen molar-refractivity contribution < 1.29 is 9.53 Å². The molecular formula is C11H14ClNO2S2. The second-order valence-corrected chi connectivity index (χ2v) is 5.90. The lowest BCUT2D eigenvalue weighted by atomic mass is 10.3. The van der Waals surface area contributed by atoms with Crippen molar-refractivity contribution >= 4 is 39.2 Å². The molecule has 6 heteroatoms. The number of esters is 1. The second kappa shape index (κ2) is 9.62. The maximum absolute atomic E-state index is 11.1. The fourth-order valence-corrected chi connectivity index (χ4v) is 2.81. The zero-order chi connectivity index (χ0) is 12.3. The number of pyridine rings is 1. The third-order valence-electron chi connectivity index (χ3n) is 1.73. The van der Waals surface area contributed by atoms with Gasteiger partial charge in [0.15, 0.2) is 0 Å². The van der Waals surface area contributed by atoms with E-state index in [9.17, 15) is 4.79 Å². The van der Waals surface area contributed by atoms with E-state index in [-0.39, 0.29) is 5.97 Å². The fourth-order valence-electron chi connectivity index (χ4n) is 0.971. The Morgan fingerprint density at radius 3 is 3.06 bits per heavy atom. The third-order valence-corrected chi connectivity index (χ3v) is 4.22. The molecule has 0 amide bonds. The van der Waals surface area contributed by atoms with E-state index in [1.54, 1.807) is 27.8 Å². The standard InChI is InChI=1S/C11H14ClNO2S2/c12-6-3-5-11(14)15-8-9-16-17-10-4-1-2-7-13-10/h1-2,4,7H,3,5-6,8-9H2. The average molecular weight is 292 g/mol. The van der Waals surface area contributed by atoms with Gasteiger partial charge in [-0.25, -0.2) is 4.98 Å². The summed E-state index contributed by atoms with van der Waals surface area (Å²) >= 11 is 5.48. The summed E-state index contributed by atoms with van der Waals surface area (Å²) in [5.41, 5.74) is 0. The molecule has 0 saturated heterocycles. The molecule has 1 aromatic heterocycles. The lowest BCUT2D eigenvalue weighted by Gasteiger charge is -2.03. The molecule has 0 radical (unpaired) electrons. The SMILES string of the molecule is O=C(CCCCl)OCCSSc1ccccn1. The van der Waals surface area contributed by atoms with Crippen LogP contribution in [0.5, 0.6) is 0 Å². The van der Waals surface area contributed by atoms with E-state index in [4.69, 9.17) is 16.3 Å². The summed E-state index contributed by atoms with van der Waals surface area (Å²) in [4.78, 5) is 15.3. The molecule has 0 spiro atoms. The zero-order valence-electron chi connectivity index (χ0n) is 9.30. The lowest BCUT2D eigenvalue weighted by molar-refractivity contribution is -0.142. The van der Waals surface area contributed by atoms with Gasteiger partial charge in [0, 0.05) is 24.3 Å². The van der Waals surface area contributed by atoms with Crippen molar-refractivity contribution in [2.24, 2.45) is 0 Å². The van der Waals surface area contributed by atoms with E-state index in [0.29, 0.717) is 25.3 Å². The number of hydrogen-bond donors (Lipinski definition) is 0. The van der Waals surface area contributed by atoms with Crippen LogP contribution in [0.15, 0.2) is 29.4 Å². The van der Waals surface area contributed by atoms with Gasteiger partial charge in [-0.05, 0) is 29.3 Å². The van der Waals surface area contributed by atoms with E-state index in [0.717, 1.165) is 10.8 Å². The van der Waals surface area contributed by atoms with Gasteiger partial charge in [0.05, 0.1) is 0 Å². The van der Waals surface area contributed by atoms with Crippen molar-refractivity contribution in [3.63, 3.8) is 0 Å². The van der Waals surface area contributed by atoms with Gasteiger partial charge >= 0.3 is 5.97 Å². The highest BCUT2D eigenvalue weighted by molar-refractivity contribution is 8.76. The second-order valence-electron chi connectivity index (χ2n) is 3.09. The molecule has 1 heterocycles. The van der Waals surface area contributed by atoms with Crippen LogP contribution in [0.25, 0.3) is 0 Å². The Labute approximate surface area is 114 Å². The molecule has 1 rings (SSSR count). The highest BCUT2D eigenvalue weighted by Gasteiger charge is 2.02. The molecule has 0 aliphatic rings. The Balaban J connectivity index is 1.99. The van der Waals surface area contributed by atoms with Crippen molar-refractivity contribution in [1.29, 1.82) is 0 Å². The highest BCUT2D eigenvalue weighted by atomic mass is 35.5. The quantitative estimate of drug-likeness (QED) is 0.318. The average Bonchev–Trinajstić information content (AvgIpc) is 2.37. The predicted octanol–water partition coefficient (Wildman–Crippen LogP) is 3.38. The van der Waals surface area contributed by atoms with E-state index in [1.165, 1.54) is 0 Å². The summed E-state index contributed by atoms with van der Waals surface area (Å²) in [6.07, 6.45) is 2.84. The number of aromatic nitrogens is 1. The predicted molar refractivity (Wildman–Crippen MR) is 73.5 cm³/mol. The van der Waals surface area contributed by atoms with Gasteiger partial charge < -0.3 is 4.74 Å². The van der Waals surface area contributed by atoms with E-state index >= 15 is 0 Å². The van der Waals surface area contributed by atoms with Gasteiger partial charge in [0.1, 0.15) is 11.6 Å². The Kier molecular flexibility index (Phi) is 8.30. The maximum atomic E-state index is 11.1. The van der Waals surface area contributed by atoms with E-state index in [2.05, 4.69) is 4.98 Å². The van der Waals surface area contributed by atoms with Crippen molar-refractivity contribution in [3.8, 4) is 0 Å². The Morgan fingerprint density at radius 1 is 1.47 bits per heavy atom. The molecule has 0 saturated carbocycles. The molecule has 0 unspecified atom stereocenters. The van der Waals surface area contributed by atoms with Crippen LogP contribution in [0.3, 0.4) is 0 Å². The summed E-state index contributed by atoms with van der Waals surface area (Å²) in [6, 6.07) is 5.78. The van der Waals surface area contributed by atoms with Crippen molar-refractivity contribution in [1.82, 2.24) is 4.98 Å². The highest BCUT2D eigenvalue weighted by Crippen LogP contribution is 2.28. The van der Waals surface area contributed by atoms with Crippen LogP contribution in [0.2, 0.25) is 0 Å². The normalized spacial score (nSPS) is 10.2. The number of halogens is 1. The van der Waals surface area contributed by atoms with E-state index in [1.807, 2.05) is 18.2 Å². The minimum absolute atomic E-state index is 0.172. The first-order chi connectivity index (χ1) is 8.33. The van der Waals surface area contributed by atoms with Crippen LogP contribution < -0.4 is 0 Å². The molecule has 0 fully saturated rings. The molecule has 94 valence electrons. The number of alkyl halides is 1. The number of nitrogens with zero attached hydrogens (tertiary/aromatic N) is 1. The van der Waals surface area contributed by atoms with Crippen LogP contribution in [-0.4, -0.2) is 29.2 Å². The molecule has 0 aliphatic carbocycles. The van der Waals surface area contributed by atoms with Crippen molar-refractivity contribution in [3.05, 3.63) is 24.4 Å². The monoisotopic (exact) mass is 291 g/mol. The molecule has 0 N–H and O–H groups in total. The molecule has 0 atom stereocenters. The fraction of sp³-hybridized carbons (Fsp3) is 0.455. The summed E-state index contributed by atoms with van der Waals surface area (Å²) in [6.45, 7) is 0.436. The zero-order valence-corrected chi connectivity index (χ0v) is 11.7. The Morgan fingerprint density at radius 2 is 2.35 bits per heavy atom. The van der Waals surface area contributed by atoms with E-state index < -0.39 is 0 Å². The third kappa shape index (κ3) is 7.52. The number of ether oxygens (including phenoxy) is 1. The van der Waals surface area contributed by atoms with Gasteiger partial charge in [-0.15, -0.1) is 11.6 Å². The molecule has 0 aliphatic heterocycles. The van der Waals surface area contributed by atoms with Crippen LogP contribution in [-0.2, 0) is 9.53 Å². The molecule has 0 bridgehead atoms. The van der Waals surface area contributed by atoms with Gasteiger partial charge in [-0.3, -0.25) is 4.79 Å². The molecule has 1 aromatic rings. The van der Waals surface area contributed by atoms with Crippen LogP contribution in [0, 0.1) is 0 Å². The summed E-state index contributed by atoms with van der Waals surface area (Å²) in [5, 5.41) is 0.964. The topological polar surface area (TPSA) is 39.2 Å².